The third-order valence-corrected chi connectivity index (χ3v) is 3.91. The summed E-state index contributed by atoms with van der Waals surface area (Å²) >= 11 is 0. The third-order valence-electron chi connectivity index (χ3n) is 3.91. The summed E-state index contributed by atoms with van der Waals surface area (Å²) in [6.45, 7) is 8.10. The van der Waals surface area contributed by atoms with Gasteiger partial charge in [-0.25, -0.2) is 4.39 Å². The minimum absolute atomic E-state index is 0.158. The molecular formula is C14H20BFO2. The quantitative estimate of drug-likeness (QED) is 0.765. The van der Waals surface area contributed by atoms with Crippen LogP contribution in [0.4, 0.5) is 4.39 Å². The molecule has 98 valence electrons. The number of benzene rings is 1. The van der Waals surface area contributed by atoms with Crippen LogP contribution < -0.4 is 0 Å². The van der Waals surface area contributed by atoms with Crippen molar-refractivity contribution >= 4 is 7.12 Å². The van der Waals surface area contributed by atoms with E-state index in [1.165, 1.54) is 6.07 Å². The van der Waals surface area contributed by atoms with E-state index in [0.717, 1.165) is 0 Å². The summed E-state index contributed by atoms with van der Waals surface area (Å²) in [5, 5.41) is 0. The lowest BCUT2D eigenvalue weighted by Gasteiger charge is -2.32. The van der Waals surface area contributed by atoms with E-state index in [4.69, 9.17) is 9.31 Å². The summed E-state index contributed by atoms with van der Waals surface area (Å²) in [5.41, 5.74) is 0.0898. The molecule has 2 rings (SSSR count). The zero-order chi connectivity index (χ0) is 13.4. The van der Waals surface area contributed by atoms with Crippen molar-refractivity contribution in [1.29, 1.82) is 0 Å². The lowest BCUT2D eigenvalue weighted by molar-refractivity contribution is 0.00578. The first kappa shape index (κ1) is 13.6. The molecule has 1 aromatic carbocycles. The number of aryl methyl sites for hydroxylation is 1. The number of hydrogen-bond acceptors (Lipinski definition) is 2. The Morgan fingerprint density at radius 1 is 1.06 bits per heavy atom. The molecule has 0 unspecified atom stereocenters. The van der Waals surface area contributed by atoms with Gasteiger partial charge in [-0.05, 0) is 52.1 Å². The van der Waals surface area contributed by atoms with Gasteiger partial charge in [0.25, 0.3) is 0 Å². The molecule has 0 N–H and O–H groups in total. The molecule has 0 saturated carbocycles. The van der Waals surface area contributed by atoms with Crippen molar-refractivity contribution in [3.8, 4) is 0 Å². The molecule has 0 aliphatic carbocycles. The minimum Gasteiger partial charge on any atom is -0.403 e. The van der Waals surface area contributed by atoms with Gasteiger partial charge in [0.2, 0.25) is 0 Å². The van der Waals surface area contributed by atoms with Crippen LogP contribution >= 0.6 is 0 Å². The van der Waals surface area contributed by atoms with Crippen LogP contribution in [0.2, 0.25) is 6.32 Å². The van der Waals surface area contributed by atoms with E-state index in [9.17, 15) is 4.39 Å². The van der Waals surface area contributed by atoms with Crippen molar-refractivity contribution in [3.05, 3.63) is 35.6 Å². The molecule has 1 aliphatic rings. The lowest BCUT2D eigenvalue weighted by atomic mass is 9.81. The second kappa shape index (κ2) is 4.67. The zero-order valence-electron chi connectivity index (χ0n) is 11.5. The van der Waals surface area contributed by atoms with Gasteiger partial charge in [0.1, 0.15) is 5.82 Å². The van der Waals surface area contributed by atoms with E-state index in [1.807, 2.05) is 33.8 Å². The summed E-state index contributed by atoms with van der Waals surface area (Å²) in [4.78, 5) is 0. The Morgan fingerprint density at radius 2 is 1.61 bits per heavy atom. The van der Waals surface area contributed by atoms with Crippen LogP contribution in [0.1, 0.15) is 33.3 Å². The molecule has 1 saturated heterocycles. The molecule has 1 aliphatic heterocycles. The lowest BCUT2D eigenvalue weighted by Crippen LogP contribution is -2.41. The van der Waals surface area contributed by atoms with Gasteiger partial charge in [-0.3, -0.25) is 0 Å². The van der Waals surface area contributed by atoms with Crippen molar-refractivity contribution in [2.45, 2.75) is 51.6 Å². The van der Waals surface area contributed by atoms with Crippen molar-refractivity contribution < 1.29 is 13.7 Å². The summed E-state index contributed by atoms with van der Waals surface area (Å²) in [6.07, 6.45) is 1.30. The van der Waals surface area contributed by atoms with Gasteiger partial charge in [0, 0.05) is 0 Å². The van der Waals surface area contributed by atoms with Crippen LogP contribution in [0.5, 0.6) is 0 Å². The maximum Gasteiger partial charge on any atom is 0.458 e. The van der Waals surface area contributed by atoms with Crippen LogP contribution in [-0.4, -0.2) is 18.3 Å². The highest BCUT2D eigenvalue weighted by Gasteiger charge is 2.50. The average Bonchev–Trinajstić information content (AvgIpc) is 2.46. The molecule has 0 atom stereocenters. The third kappa shape index (κ3) is 2.60. The largest absolute Gasteiger partial charge is 0.458 e. The predicted molar refractivity (Wildman–Crippen MR) is 71.0 cm³/mol. The molecular weight excluding hydrogens is 230 g/mol. The van der Waals surface area contributed by atoms with Gasteiger partial charge in [-0.15, -0.1) is 0 Å². The Kier molecular flexibility index (Phi) is 3.52. The molecule has 0 aromatic heterocycles. The van der Waals surface area contributed by atoms with Crippen LogP contribution in [0.15, 0.2) is 24.3 Å². The molecule has 18 heavy (non-hydrogen) atoms. The fraction of sp³-hybridized carbons (Fsp3) is 0.571. The Balaban J connectivity index is 1.96. The van der Waals surface area contributed by atoms with Crippen molar-refractivity contribution in [2.24, 2.45) is 0 Å². The van der Waals surface area contributed by atoms with Gasteiger partial charge in [0.15, 0.2) is 0 Å². The molecule has 0 bridgehead atoms. The first-order valence-corrected chi connectivity index (χ1v) is 6.41. The second-order valence-corrected chi connectivity index (χ2v) is 5.82. The SMILES string of the molecule is CC1(C)OB(CCc2ccccc2F)OC1(C)C. The van der Waals surface area contributed by atoms with Gasteiger partial charge in [0.05, 0.1) is 11.2 Å². The fourth-order valence-electron chi connectivity index (χ4n) is 2.06. The van der Waals surface area contributed by atoms with Gasteiger partial charge in [-0.2, -0.15) is 0 Å². The van der Waals surface area contributed by atoms with Crippen LogP contribution in [0.3, 0.4) is 0 Å². The highest BCUT2D eigenvalue weighted by atomic mass is 19.1. The molecule has 0 spiro atoms. The molecule has 1 fully saturated rings. The van der Waals surface area contributed by atoms with Gasteiger partial charge >= 0.3 is 7.12 Å². The maximum absolute atomic E-state index is 13.5. The van der Waals surface area contributed by atoms with Gasteiger partial charge in [-0.1, -0.05) is 18.2 Å². The van der Waals surface area contributed by atoms with E-state index in [2.05, 4.69) is 0 Å². The summed E-state index contributed by atoms with van der Waals surface area (Å²) < 4.78 is 25.2. The number of hydrogen-bond donors (Lipinski definition) is 0. The molecule has 0 radical (unpaired) electrons. The second-order valence-electron chi connectivity index (χ2n) is 5.82. The Labute approximate surface area is 109 Å². The first-order valence-electron chi connectivity index (χ1n) is 6.41. The van der Waals surface area contributed by atoms with E-state index < -0.39 is 0 Å². The highest BCUT2D eigenvalue weighted by Crippen LogP contribution is 2.37. The topological polar surface area (TPSA) is 18.5 Å². The smallest absolute Gasteiger partial charge is 0.403 e. The molecule has 2 nitrogen and oxygen atoms in total. The normalized spacial score (nSPS) is 21.3. The van der Waals surface area contributed by atoms with Crippen molar-refractivity contribution in [2.75, 3.05) is 0 Å². The van der Waals surface area contributed by atoms with E-state index in [1.54, 1.807) is 12.1 Å². The summed E-state index contributed by atoms with van der Waals surface area (Å²) in [5.74, 6) is -0.158. The van der Waals surface area contributed by atoms with Crippen LogP contribution in [0, 0.1) is 5.82 Å². The van der Waals surface area contributed by atoms with Crippen molar-refractivity contribution in [1.82, 2.24) is 0 Å². The van der Waals surface area contributed by atoms with E-state index >= 15 is 0 Å². The monoisotopic (exact) mass is 250 g/mol. The number of halogens is 1. The predicted octanol–water partition coefficient (Wildman–Crippen LogP) is 3.46. The summed E-state index contributed by atoms with van der Waals surface area (Å²) in [6, 6.07) is 6.84. The van der Waals surface area contributed by atoms with Crippen molar-refractivity contribution in [3.63, 3.8) is 0 Å². The first-order chi connectivity index (χ1) is 8.32. The van der Waals surface area contributed by atoms with Crippen LogP contribution in [-0.2, 0) is 15.7 Å². The fourth-order valence-corrected chi connectivity index (χ4v) is 2.06. The van der Waals surface area contributed by atoms with E-state index in [0.29, 0.717) is 18.3 Å². The summed E-state index contributed by atoms with van der Waals surface area (Å²) in [7, 11) is -0.255. The maximum atomic E-state index is 13.5. The minimum atomic E-state index is -0.313. The standard InChI is InChI=1S/C14H20BFO2/c1-13(2)14(3,4)18-15(17-13)10-9-11-7-5-6-8-12(11)16/h5-8H,9-10H2,1-4H3. The Morgan fingerprint density at radius 3 is 2.17 bits per heavy atom. The molecule has 0 amide bonds. The van der Waals surface area contributed by atoms with E-state index in [-0.39, 0.29) is 24.1 Å². The molecule has 1 aromatic rings. The Hall–Kier alpha value is -0.865. The van der Waals surface area contributed by atoms with Gasteiger partial charge < -0.3 is 9.31 Å². The van der Waals surface area contributed by atoms with Crippen LogP contribution in [0.25, 0.3) is 0 Å². The zero-order valence-corrected chi connectivity index (χ0v) is 11.5. The highest BCUT2D eigenvalue weighted by molar-refractivity contribution is 6.45. The molecule has 1 heterocycles. The number of rotatable bonds is 3. The Bertz CT molecular complexity index is 416. The average molecular weight is 250 g/mol. The molecule has 4 heteroatoms.